The van der Waals surface area contributed by atoms with Crippen molar-refractivity contribution in [2.45, 2.75) is 32.1 Å². The van der Waals surface area contributed by atoms with Gasteiger partial charge in [0.1, 0.15) is 5.69 Å². The summed E-state index contributed by atoms with van der Waals surface area (Å²) in [5.74, 6) is 0.0230. The molecule has 2 aromatic carbocycles. The number of likely N-dealkylation sites (tertiary alicyclic amines) is 1. The molecule has 2 amide bonds. The summed E-state index contributed by atoms with van der Waals surface area (Å²) in [5.41, 5.74) is 4.35. The maximum absolute atomic E-state index is 13.0. The fraction of sp³-hybridized carbons (Fsp3) is 0.296. The number of anilines is 1. The lowest BCUT2D eigenvalue weighted by Crippen LogP contribution is -2.38. The van der Waals surface area contributed by atoms with Crippen molar-refractivity contribution in [3.8, 4) is 11.1 Å². The average molecular weight is 476 g/mol. The predicted octanol–water partition coefficient (Wildman–Crippen LogP) is 6.26. The molecule has 3 aromatic rings. The van der Waals surface area contributed by atoms with Gasteiger partial charge in [0.2, 0.25) is 0 Å². The van der Waals surface area contributed by atoms with E-state index in [1.165, 1.54) is 11.3 Å². The highest BCUT2D eigenvalue weighted by Gasteiger charge is 2.27. The van der Waals surface area contributed by atoms with Gasteiger partial charge in [0, 0.05) is 35.6 Å². The SMILES string of the molecule is C=CCCOC(=O)N1CCC(c2nc(C(=O)Nc3ccc(C)cc3-c3ccccc3)cs2)CC1. The van der Waals surface area contributed by atoms with Crippen molar-refractivity contribution in [2.24, 2.45) is 0 Å². The van der Waals surface area contributed by atoms with Crippen LogP contribution in [0.15, 0.2) is 66.6 Å². The van der Waals surface area contributed by atoms with Gasteiger partial charge in [-0.2, -0.15) is 0 Å². The maximum atomic E-state index is 13.0. The van der Waals surface area contributed by atoms with Crippen LogP contribution in [0.4, 0.5) is 10.5 Å². The molecule has 0 spiro atoms. The molecule has 0 saturated carbocycles. The van der Waals surface area contributed by atoms with Gasteiger partial charge >= 0.3 is 6.09 Å². The number of rotatable bonds is 7. The number of amides is 2. The van der Waals surface area contributed by atoms with Crippen molar-refractivity contribution in [3.05, 3.63) is 82.8 Å². The van der Waals surface area contributed by atoms with Gasteiger partial charge < -0.3 is 15.0 Å². The van der Waals surface area contributed by atoms with Crippen LogP contribution in [0, 0.1) is 6.92 Å². The number of nitrogens with zero attached hydrogens (tertiary/aromatic N) is 2. The Morgan fingerprint density at radius 1 is 1.21 bits per heavy atom. The number of carbonyl (C=O) groups excluding carboxylic acids is 2. The fourth-order valence-corrected chi connectivity index (χ4v) is 4.99. The molecule has 0 aliphatic carbocycles. The third-order valence-corrected chi connectivity index (χ3v) is 6.92. The van der Waals surface area contributed by atoms with Gasteiger partial charge in [-0.25, -0.2) is 9.78 Å². The van der Waals surface area contributed by atoms with E-state index in [1.54, 1.807) is 11.0 Å². The first-order valence-electron chi connectivity index (χ1n) is 11.5. The molecule has 0 radical (unpaired) electrons. The number of nitrogens with one attached hydrogen (secondary N) is 1. The molecular formula is C27H29N3O3S. The fourth-order valence-electron chi connectivity index (χ4n) is 4.02. The van der Waals surface area contributed by atoms with Crippen molar-refractivity contribution in [1.29, 1.82) is 0 Å². The smallest absolute Gasteiger partial charge is 0.409 e. The normalized spacial score (nSPS) is 14.0. The number of aryl methyl sites for hydroxylation is 1. The van der Waals surface area contributed by atoms with Crippen LogP contribution in [0.1, 0.15) is 46.2 Å². The molecule has 0 atom stereocenters. The highest BCUT2D eigenvalue weighted by Crippen LogP contribution is 2.32. The first-order valence-corrected chi connectivity index (χ1v) is 12.4. The molecule has 1 fully saturated rings. The Kier molecular flexibility index (Phi) is 7.75. The van der Waals surface area contributed by atoms with Crippen molar-refractivity contribution in [3.63, 3.8) is 0 Å². The molecule has 7 heteroatoms. The number of benzene rings is 2. The van der Waals surface area contributed by atoms with Gasteiger partial charge in [-0.15, -0.1) is 17.9 Å². The lowest BCUT2D eigenvalue weighted by atomic mass is 9.98. The molecule has 4 rings (SSSR count). The molecule has 34 heavy (non-hydrogen) atoms. The maximum Gasteiger partial charge on any atom is 0.409 e. The lowest BCUT2D eigenvalue weighted by Gasteiger charge is -2.30. The molecular weight excluding hydrogens is 446 g/mol. The summed E-state index contributed by atoms with van der Waals surface area (Å²) in [6.45, 7) is 7.29. The van der Waals surface area contributed by atoms with Gasteiger partial charge in [0.25, 0.3) is 5.91 Å². The van der Waals surface area contributed by atoms with Gasteiger partial charge in [-0.05, 0) is 43.9 Å². The second-order valence-electron chi connectivity index (χ2n) is 8.39. The quantitative estimate of drug-likeness (QED) is 0.323. The minimum Gasteiger partial charge on any atom is -0.449 e. The van der Waals surface area contributed by atoms with Crippen LogP contribution in [0.5, 0.6) is 0 Å². The van der Waals surface area contributed by atoms with Crippen LogP contribution in [0.3, 0.4) is 0 Å². The number of thiazole rings is 1. The number of hydrogen-bond donors (Lipinski definition) is 1. The Labute approximate surface area is 204 Å². The Balaban J connectivity index is 1.39. The molecule has 1 aliphatic rings. The van der Waals surface area contributed by atoms with Gasteiger partial charge in [0.15, 0.2) is 0 Å². The largest absolute Gasteiger partial charge is 0.449 e. The molecule has 6 nitrogen and oxygen atoms in total. The number of aromatic nitrogens is 1. The topological polar surface area (TPSA) is 71.5 Å². The van der Waals surface area contributed by atoms with Crippen LogP contribution >= 0.6 is 11.3 Å². The number of piperidine rings is 1. The predicted molar refractivity (Wildman–Crippen MR) is 136 cm³/mol. The summed E-state index contributed by atoms with van der Waals surface area (Å²) < 4.78 is 5.25. The van der Waals surface area contributed by atoms with Gasteiger partial charge in [-0.3, -0.25) is 4.79 Å². The molecule has 1 aromatic heterocycles. The summed E-state index contributed by atoms with van der Waals surface area (Å²) in [4.78, 5) is 31.5. The Hall–Kier alpha value is -3.45. The summed E-state index contributed by atoms with van der Waals surface area (Å²) in [7, 11) is 0. The van der Waals surface area contributed by atoms with E-state index >= 15 is 0 Å². The first kappa shape index (κ1) is 23.7. The summed E-state index contributed by atoms with van der Waals surface area (Å²) >= 11 is 1.51. The number of hydrogen-bond acceptors (Lipinski definition) is 5. The minimum absolute atomic E-state index is 0.216. The highest BCUT2D eigenvalue weighted by atomic mass is 32.1. The van der Waals surface area contributed by atoms with Crippen molar-refractivity contribution < 1.29 is 14.3 Å². The highest BCUT2D eigenvalue weighted by molar-refractivity contribution is 7.10. The van der Waals surface area contributed by atoms with E-state index < -0.39 is 0 Å². The van der Waals surface area contributed by atoms with E-state index in [0.29, 0.717) is 31.8 Å². The molecule has 2 heterocycles. The Morgan fingerprint density at radius 2 is 1.97 bits per heavy atom. The van der Waals surface area contributed by atoms with Crippen LogP contribution in [0.2, 0.25) is 0 Å². The third kappa shape index (κ3) is 5.72. The Bertz CT molecular complexity index is 1150. The average Bonchev–Trinajstić information content (AvgIpc) is 3.36. The molecule has 1 saturated heterocycles. The van der Waals surface area contributed by atoms with Crippen molar-refractivity contribution in [1.82, 2.24) is 9.88 Å². The van der Waals surface area contributed by atoms with Crippen molar-refractivity contribution >= 4 is 29.0 Å². The van der Waals surface area contributed by atoms with Crippen LogP contribution in [-0.2, 0) is 4.74 Å². The second kappa shape index (κ2) is 11.1. The number of carbonyl (C=O) groups is 2. The van der Waals surface area contributed by atoms with E-state index in [-0.39, 0.29) is 17.9 Å². The zero-order valence-corrected chi connectivity index (χ0v) is 20.1. The Morgan fingerprint density at radius 3 is 2.71 bits per heavy atom. The van der Waals surface area contributed by atoms with Crippen LogP contribution in [0.25, 0.3) is 11.1 Å². The molecule has 0 unspecified atom stereocenters. The second-order valence-corrected chi connectivity index (χ2v) is 9.28. The molecule has 0 bridgehead atoms. The first-order chi connectivity index (χ1) is 16.5. The van der Waals surface area contributed by atoms with Crippen LogP contribution in [-0.4, -0.2) is 41.6 Å². The zero-order valence-electron chi connectivity index (χ0n) is 19.3. The minimum atomic E-state index is -0.271. The lowest BCUT2D eigenvalue weighted by molar-refractivity contribution is 0.0941. The van der Waals surface area contributed by atoms with E-state index in [2.05, 4.69) is 22.9 Å². The zero-order chi connectivity index (χ0) is 23.9. The standard InChI is InChI=1S/C27H29N3O3S/c1-3-4-16-33-27(32)30-14-12-21(13-15-30)26-29-24(18-34-26)25(31)28-23-11-10-19(2)17-22(23)20-8-6-5-7-9-20/h3,5-11,17-18,21H,1,4,12-16H2,2H3,(H,28,31). The van der Waals surface area contributed by atoms with E-state index in [9.17, 15) is 9.59 Å². The summed E-state index contributed by atoms with van der Waals surface area (Å²) in [6.07, 6.45) is 3.73. The molecule has 1 aliphatic heterocycles. The summed E-state index contributed by atoms with van der Waals surface area (Å²) in [5, 5.41) is 5.80. The molecule has 176 valence electrons. The molecule has 1 N–H and O–H groups in total. The third-order valence-electron chi connectivity index (χ3n) is 5.91. The van der Waals surface area contributed by atoms with Gasteiger partial charge in [-0.1, -0.05) is 48.0 Å². The van der Waals surface area contributed by atoms with Crippen LogP contribution < -0.4 is 5.32 Å². The number of ether oxygens (including phenoxy) is 1. The summed E-state index contributed by atoms with van der Waals surface area (Å²) in [6, 6.07) is 16.0. The van der Waals surface area contributed by atoms with E-state index in [0.717, 1.165) is 40.2 Å². The van der Waals surface area contributed by atoms with E-state index in [4.69, 9.17) is 4.74 Å². The van der Waals surface area contributed by atoms with E-state index in [1.807, 2.05) is 54.8 Å². The van der Waals surface area contributed by atoms with Crippen molar-refractivity contribution in [2.75, 3.05) is 25.0 Å². The van der Waals surface area contributed by atoms with Gasteiger partial charge in [0.05, 0.1) is 11.6 Å². The monoisotopic (exact) mass is 475 g/mol.